The van der Waals surface area contributed by atoms with Gasteiger partial charge in [-0.05, 0) is 79.2 Å². The number of carbonyl (C=O) groups is 1. The third-order valence-electron chi connectivity index (χ3n) is 7.69. The molecule has 2 fully saturated rings. The van der Waals surface area contributed by atoms with E-state index in [0.717, 1.165) is 44.1 Å². The van der Waals surface area contributed by atoms with Crippen LogP contribution in [0, 0.1) is 24.2 Å². The van der Waals surface area contributed by atoms with Gasteiger partial charge < -0.3 is 9.47 Å². The van der Waals surface area contributed by atoms with Crippen LogP contribution in [0.2, 0.25) is 0 Å². The van der Waals surface area contributed by atoms with Crippen LogP contribution in [0.4, 0.5) is 0 Å². The topological polar surface area (TPSA) is 38.8 Å². The number of benzene rings is 2. The second kappa shape index (κ2) is 10.0. The van der Waals surface area contributed by atoms with E-state index in [9.17, 15) is 4.79 Å². The second-order valence-corrected chi connectivity index (χ2v) is 11.2. The number of aryl methyl sites for hydroxylation is 1. The van der Waals surface area contributed by atoms with Gasteiger partial charge in [-0.2, -0.15) is 0 Å². The lowest BCUT2D eigenvalue weighted by Crippen LogP contribution is -2.47. The number of carbonyl (C=O) groups excluding carboxylic acids is 1. The van der Waals surface area contributed by atoms with Gasteiger partial charge in [0.1, 0.15) is 5.75 Å². The molecule has 2 aliphatic rings. The Labute approximate surface area is 199 Å². The van der Waals surface area contributed by atoms with Crippen LogP contribution in [0.3, 0.4) is 0 Å². The molecule has 0 atom stereocenters. The molecule has 0 N–H and O–H groups in total. The molecule has 4 heteroatoms. The highest BCUT2D eigenvalue weighted by molar-refractivity contribution is 5.90. The molecule has 0 unspecified atom stereocenters. The zero-order valence-electron chi connectivity index (χ0n) is 21.2. The molecular weight excluding hydrogens is 410 g/mol. The molecule has 1 saturated carbocycles. The summed E-state index contributed by atoms with van der Waals surface area (Å²) in [6.07, 6.45) is 5.60. The predicted molar refractivity (Wildman–Crippen MR) is 135 cm³/mol. The van der Waals surface area contributed by atoms with Crippen LogP contribution in [0.25, 0.3) is 10.8 Å². The van der Waals surface area contributed by atoms with E-state index in [4.69, 9.17) is 9.47 Å². The maximum atomic E-state index is 11.8. The standard InChI is InChI=1S/C29H41NO3/c1-6-32-28(31)16-21-17-30(18-21)19-26-25-10-8-7-9-24(25)20(2)15-27(26)33-23-13-11-22(12-14-23)29(3,4)5/h7-10,15,21-23H,6,11-14,16-19H2,1-5H3/t22-,23-. The van der Waals surface area contributed by atoms with Crippen molar-refractivity contribution in [3.63, 3.8) is 0 Å². The Hall–Kier alpha value is -2.07. The van der Waals surface area contributed by atoms with Gasteiger partial charge in [-0.1, -0.05) is 45.0 Å². The number of hydrogen-bond donors (Lipinski definition) is 0. The van der Waals surface area contributed by atoms with Gasteiger partial charge in [-0.3, -0.25) is 9.69 Å². The zero-order valence-corrected chi connectivity index (χ0v) is 21.2. The summed E-state index contributed by atoms with van der Waals surface area (Å²) >= 11 is 0. The van der Waals surface area contributed by atoms with Crippen molar-refractivity contribution in [1.29, 1.82) is 0 Å². The molecule has 0 bridgehead atoms. The van der Waals surface area contributed by atoms with Gasteiger partial charge in [0.15, 0.2) is 0 Å². The summed E-state index contributed by atoms with van der Waals surface area (Å²) in [5.41, 5.74) is 2.95. The van der Waals surface area contributed by atoms with E-state index >= 15 is 0 Å². The monoisotopic (exact) mass is 451 g/mol. The third-order valence-corrected chi connectivity index (χ3v) is 7.69. The van der Waals surface area contributed by atoms with Crippen LogP contribution >= 0.6 is 0 Å². The van der Waals surface area contributed by atoms with Gasteiger partial charge in [0.05, 0.1) is 19.1 Å². The smallest absolute Gasteiger partial charge is 0.306 e. The Bertz CT molecular complexity index is 963. The molecule has 1 heterocycles. The molecule has 0 radical (unpaired) electrons. The van der Waals surface area contributed by atoms with Gasteiger partial charge in [0.2, 0.25) is 0 Å². The van der Waals surface area contributed by atoms with Crippen molar-refractivity contribution in [2.45, 2.75) is 79.4 Å². The van der Waals surface area contributed by atoms with Crippen LogP contribution in [-0.4, -0.2) is 36.7 Å². The normalized spacial score (nSPS) is 22.2. The summed E-state index contributed by atoms with van der Waals surface area (Å²) in [7, 11) is 0. The number of hydrogen-bond acceptors (Lipinski definition) is 4. The van der Waals surface area contributed by atoms with Crippen molar-refractivity contribution in [3.05, 3.63) is 41.5 Å². The summed E-state index contributed by atoms with van der Waals surface area (Å²) in [6, 6.07) is 10.9. The highest BCUT2D eigenvalue weighted by atomic mass is 16.5. The van der Waals surface area contributed by atoms with E-state index in [1.165, 1.54) is 34.7 Å². The van der Waals surface area contributed by atoms with E-state index < -0.39 is 0 Å². The number of nitrogens with zero attached hydrogens (tertiary/aromatic N) is 1. The van der Waals surface area contributed by atoms with Gasteiger partial charge in [-0.25, -0.2) is 0 Å². The minimum absolute atomic E-state index is 0.0715. The van der Waals surface area contributed by atoms with E-state index in [0.29, 0.717) is 30.5 Å². The fourth-order valence-corrected chi connectivity index (χ4v) is 5.69. The highest BCUT2D eigenvalue weighted by Crippen LogP contribution is 2.40. The number of fused-ring (bicyclic) bond motifs is 1. The Morgan fingerprint density at radius 1 is 1.06 bits per heavy atom. The molecule has 4 nitrogen and oxygen atoms in total. The Kier molecular flexibility index (Phi) is 7.33. The molecule has 4 rings (SSSR count). The largest absolute Gasteiger partial charge is 0.490 e. The van der Waals surface area contributed by atoms with Crippen LogP contribution < -0.4 is 4.74 Å². The first-order chi connectivity index (χ1) is 15.7. The van der Waals surface area contributed by atoms with Gasteiger partial charge in [0.25, 0.3) is 0 Å². The first-order valence-electron chi connectivity index (χ1n) is 12.8. The fourth-order valence-electron chi connectivity index (χ4n) is 5.69. The van der Waals surface area contributed by atoms with Crippen molar-refractivity contribution in [3.8, 4) is 5.75 Å². The summed E-state index contributed by atoms with van der Waals surface area (Å²) in [6.45, 7) is 14.4. The van der Waals surface area contributed by atoms with E-state index in [1.54, 1.807) is 0 Å². The molecule has 0 aromatic heterocycles. The van der Waals surface area contributed by atoms with E-state index in [2.05, 4.69) is 62.9 Å². The molecule has 0 amide bonds. The highest BCUT2D eigenvalue weighted by Gasteiger charge is 2.32. The second-order valence-electron chi connectivity index (χ2n) is 11.2. The van der Waals surface area contributed by atoms with Crippen molar-refractivity contribution < 1.29 is 14.3 Å². The maximum Gasteiger partial charge on any atom is 0.306 e. The number of likely N-dealkylation sites (tertiary alicyclic amines) is 1. The SMILES string of the molecule is CCOC(=O)CC1CN(Cc2c(O[C@H]3CC[C@H](C(C)(C)C)CC3)cc(C)c3ccccc23)C1. The Morgan fingerprint density at radius 2 is 1.73 bits per heavy atom. The molecule has 180 valence electrons. The van der Waals surface area contributed by atoms with Gasteiger partial charge in [-0.15, -0.1) is 0 Å². The van der Waals surface area contributed by atoms with E-state index in [-0.39, 0.29) is 5.97 Å². The zero-order chi connectivity index (χ0) is 23.6. The summed E-state index contributed by atoms with van der Waals surface area (Å²) in [5.74, 6) is 2.17. The van der Waals surface area contributed by atoms with Crippen LogP contribution in [-0.2, 0) is 16.1 Å². The molecule has 0 spiro atoms. The lowest BCUT2D eigenvalue weighted by molar-refractivity contribution is -0.145. The molecule has 1 aliphatic carbocycles. The number of rotatable bonds is 7. The van der Waals surface area contributed by atoms with Crippen LogP contribution in [0.5, 0.6) is 5.75 Å². The molecule has 2 aromatic carbocycles. The van der Waals surface area contributed by atoms with Crippen molar-refractivity contribution in [2.24, 2.45) is 17.3 Å². The predicted octanol–water partition coefficient (Wildman–Crippen LogP) is 6.52. The Morgan fingerprint density at radius 3 is 2.36 bits per heavy atom. The van der Waals surface area contributed by atoms with Crippen LogP contribution in [0.1, 0.15) is 70.9 Å². The summed E-state index contributed by atoms with van der Waals surface area (Å²) in [4.78, 5) is 14.3. The van der Waals surface area contributed by atoms with Crippen molar-refractivity contribution in [1.82, 2.24) is 4.90 Å². The number of esters is 1. The maximum absolute atomic E-state index is 11.8. The summed E-state index contributed by atoms with van der Waals surface area (Å²) < 4.78 is 11.9. The first kappa shape index (κ1) is 24.1. The average molecular weight is 452 g/mol. The quantitative estimate of drug-likeness (QED) is 0.449. The Balaban J connectivity index is 1.48. The van der Waals surface area contributed by atoms with Gasteiger partial charge >= 0.3 is 5.97 Å². The first-order valence-corrected chi connectivity index (χ1v) is 12.8. The van der Waals surface area contributed by atoms with Gasteiger partial charge in [0, 0.05) is 25.2 Å². The molecule has 1 saturated heterocycles. The lowest BCUT2D eigenvalue weighted by Gasteiger charge is -2.40. The number of ether oxygens (including phenoxy) is 2. The van der Waals surface area contributed by atoms with Crippen molar-refractivity contribution >= 4 is 16.7 Å². The minimum Gasteiger partial charge on any atom is -0.490 e. The lowest BCUT2D eigenvalue weighted by atomic mass is 9.72. The van der Waals surface area contributed by atoms with Crippen LogP contribution in [0.15, 0.2) is 30.3 Å². The molecular formula is C29H41NO3. The minimum atomic E-state index is -0.0715. The molecule has 2 aromatic rings. The fraction of sp³-hybridized carbons (Fsp3) is 0.621. The average Bonchev–Trinajstić information content (AvgIpc) is 2.74. The van der Waals surface area contributed by atoms with E-state index in [1.807, 2.05) is 6.92 Å². The molecule has 1 aliphatic heterocycles. The molecule has 33 heavy (non-hydrogen) atoms. The van der Waals surface area contributed by atoms with Crippen molar-refractivity contribution in [2.75, 3.05) is 19.7 Å². The summed E-state index contributed by atoms with van der Waals surface area (Å²) in [5, 5.41) is 2.60. The third kappa shape index (κ3) is 5.71.